The molecule has 3 rings (SSSR count). The first-order chi connectivity index (χ1) is 13.4. The van der Waals surface area contributed by atoms with Gasteiger partial charge in [-0.25, -0.2) is 0 Å². The minimum Gasteiger partial charge on any atom is -0.497 e. The van der Waals surface area contributed by atoms with E-state index in [1.165, 1.54) is 0 Å². The topological polar surface area (TPSA) is 106 Å². The molecule has 8 nitrogen and oxygen atoms in total. The molecule has 148 valence electrons. The minimum absolute atomic E-state index is 0.131. The number of methoxy groups -OCH3 is 1. The van der Waals surface area contributed by atoms with Crippen LogP contribution in [-0.2, 0) is 21.7 Å². The lowest BCUT2D eigenvalue weighted by molar-refractivity contribution is -0.139. The van der Waals surface area contributed by atoms with Gasteiger partial charge < -0.3 is 30.0 Å². The zero-order valence-corrected chi connectivity index (χ0v) is 15.7. The lowest BCUT2D eigenvalue weighted by atomic mass is 9.95. The van der Waals surface area contributed by atoms with Crippen molar-refractivity contribution in [3.05, 3.63) is 53.6 Å². The van der Waals surface area contributed by atoms with Gasteiger partial charge in [-0.1, -0.05) is 18.2 Å². The Morgan fingerprint density at radius 1 is 1.07 bits per heavy atom. The summed E-state index contributed by atoms with van der Waals surface area (Å²) in [6.07, 6.45) is 0. The van der Waals surface area contributed by atoms with Crippen LogP contribution in [0.1, 0.15) is 18.1 Å². The van der Waals surface area contributed by atoms with E-state index in [0.717, 1.165) is 5.56 Å². The number of ether oxygens (including phenoxy) is 3. The molecular weight excluding hydrogens is 364 g/mol. The van der Waals surface area contributed by atoms with Crippen molar-refractivity contribution < 1.29 is 28.9 Å². The van der Waals surface area contributed by atoms with Crippen molar-refractivity contribution in [3.8, 4) is 17.2 Å². The fraction of sp³-hybridized carbons (Fsp3) is 0.300. The third kappa shape index (κ3) is 4.52. The molecule has 0 fully saturated rings. The quantitative estimate of drug-likeness (QED) is 0.641. The Balaban J connectivity index is 1.51. The Labute approximate surface area is 162 Å². The van der Waals surface area contributed by atoms with E-state index in [1.807, 2.05) is 0 Å². The van der Waals surface area contributed by atoms with E-state index in [0.29, 0.717) is 22.8 Å². The molecule has 1 aliphatic rings. The molecule has 0 aromatic heterocycles. The van der Waals surface area contributed by atoms with Crippen LogP contribution in [0.3, 0.4) is 0 Å². The summed E-state index contributed by atoms with van der Waals surface area (Å²) in [7, 11) is 1.57. The molecule has 1 aliphatic heterocycles. The number of aliphatic hydroxyl groups is 1. The maximum atomic E-state index is 12.0. The molecule has 8 heteroatoms. The van der Waals surface area contributed by atoms with Gasteiger partial charge in [0.1, 0.15) is 11.4 Å². The van der Waals surface area contributed by atoms with E-state index in [1.54, 1.807) is 56.5 Å². The van der Waals surface area contributed by atoms with Crippen molar-refractivity contribution in [2.24, 2.45) is 0 Å². The molecular formula is C20H22N2O6. The summed E-state index contributed by atoms with van der Waals surface area (Å²) < 4.78 is 15.6. The second-order valence-electron chi connectivity index (χ2n) is 6.56. The summed E-state index contributed by atoms with van der Waals surface area (Å²) in [5.41, 5.74) is -0.0163. The van der Waals surface area contributed by atoms with Crippen molar-refractivity contribution in [3.63, 3.8) is 0 Å². The smallest absolute Gasteiger partial charge is 0.309 e. The second-order valence-corrected chi connectivity index (χ2v) is 6.56. The van der Waals surface area contributed by atoms with Gasteiger partial charge in [0.25, 0.3) is 0 Å². The van der Waals surface area contributed by atoms with E-state index < -0.39 is 17.4 Å². The van der Waals surface area contributed by atoms with E-state index in [-0.39, 0.29) is 19.9 Å². The number of amides is 2. The van der Waals surface area contributed by atoms with Gasteiger partial charge in [0.2, 0.25) is 6.79 Å². The molecule has 0 saturated carbocycles. The molecule has 0 spiro atoms. The average Bonchev–Trinajstić information content (AvgIpc) is 3.18. The zero-order valence-electron chi connectivity index (χ0n) is 15.7. The number of hydrogen-bond acceptors (Lipinski definition) is 6. The molecule has 1 atom stereocenters. The lowest BCUT2D eigenvalue weighted by Crippen LogP contribution is -2.45. The van der Waals surface area contributed by atoms with E-state index in [9.17, 15) is 14.7 Å². The van der Waals surface area contributed by atoms with Gasteiger partial charge in [0, 0.05) is 6.54 Å². The summed E-state index contributed by atoms with van der Waals surface area (Å²) in [6.45, 7) is 1.74. The van der Waals surface area contributed by atoms with Crippen LogP contribution in [0.25, 0.3) is 0 Å². The molecule has 0 aliphatic carbocycles. The number of rotatable bonds is 6. The fourth-order valence-corrected chi connectivity index (χ4v) is 2.67. The van der Waals surface area contributed by atoms with Crippen LogP contribution in [0, 0.1) is 0 Å². The van der Waals surface area contributed by atoms with Crippen molar-refractivity contribution in [1.82, 2.24) is 10.6 Å². The van der Waals surface area contributed by atoms with Crippen LogP contribution < -0.4 is 24.8 Å². The average molecular weight is 386 g/mol. The summed E-state index contributed by atoms with van der Waals surface area (Å²) in [6, 6.07) is 12.1. The van der Waals surface area contributed by atoms with Crippen LogP contribution in [0.2, 0.25) is 0 Å². The monoisotopic (exact) mass is 386 g/mol. The summed E-state index contributed by atoms with van der Waals surface area (Å²) in [5, 5.41) is 15.6. The van der Waals surface area contributed by atoms with Gasteiger partial charge in [-0.05, 0) is 42.3 Å². The molecule has 1 unspecified atom stereocenters. The van der Waals surface area contributed by atoms with Crippen LogP contribution in [0.15, 0.2) is 42.5 Å². The molecule has 2 aromatic rings. The highest BCUT2D eigenvalue weighted by Gasteiger charge is 2.27. The number of benzene rings is 2. The normalized spacial score (nSPS) is 14.1. The molecule has 3 N–H and O–H groups in total. The Morgan fingerprint density at radius 3 is 2.46 bits per heavy atom. The van der Waals surface area contributed by atoms with Crippen LogP contribution in [-0.4, -0.2) is 37.4 Å². The SMILES string of the molecule is COc1ccc(CNC(=O)C(=O)NCC(C)(O)c2ccc3c(c2)OCO3)cc1. The van der Waals surface area contributed by atoms with E-state index >= 15 is 0 Å². The highest BCUT2D eigenvalue weighted by molar-refractivity contribution is 6.35. The van der Waals surface area contributed by atoms with Crippen LogP contribution >= 0.6 is 0 Å². The lowest BCUT2D eigenvalue weighted by Gasteiger charge is -2.24. The summed E-state index contributed by atoms with van der Waals surface area (Å²) >= 11 is 0. The largest absolute Gasteiger partial charge is 0.497 e. The number of hydrogen-bond donors (Lipinski definition) is 3. The summed E-state index contributed by atoms with van der Waals surface area (Å²) in [4.78, 5) is 24.0. The minimum atomic E-state index is -1.38. The molecule has 2 aromatic carbocycles. The van der Waals surface area contributed by atoms with Crippen molar-refractivity contribution in [1.29, 1.82) is 0 Å². The number of nitrogens with one attached hydrogen (secondary N) is 2. The van der Waals surface area contributed by atoms with Gasteiger partial charge in [0.15, 0.2) is 11.5 Å². The highest BCUT2D eigenvalue weighted by Crippen LogP contribution is 2.35. The predicted octanol–water partition coefficient (Wildman–Crippen LogP) is 1.06. The Bertz CT molecular complexity index is 863. The molecule has 1 heterocycles. The van der Waals surface area contributed by atoms with Crippen molar-refractivity contribution in [2.75, 3.05) is 20.4 Å². The maximum absolute atomic E-state index is 12.0. The van der Waals surface area contributed by atoms with Gasteiger partial charge in [-0.15, -0.1) is 0 Å². The van der Waals surface area contributed by atoms with Gasteiger partial charge in [-0.2, -0.15) is 0 Å². The maximum Gasteiger partial charge on any atom is 0.309 e. The number of carbonyl (C=O) groups is 2. The molecule has 2 amide bonds. The van der Waals surface area contributed by atoms with Gasteiger partial charge >= 0.3 is 11.8 Å². The number of fused-ring (bicyclic) bond motifs is 1. The van der Waals surface area contributed by atoms with Crippen LogP contribution in [0.4, 0.5) is 0 Å². The Kier molecular flexibility index (Phi) is 5.70. The van der Waals surface area contributed by atoms with Gasteiger partial charge in [0.05, 0.1) is 13.7 Å². The molecule has 0 radical (unpaired) electrons. The van der Waals surface area contributed by atoms with Crippen molar-refractivity contribution >= 4 is 11.8 Å². The zero-order chi connectivity index (χ0) is 20.1. The third-order valence-electron chi connectivity index (χ3n) is 4.41. The predicted molar refractivity (Wildman–Crippen MR) is 100.0 cm³/mol. The van der Waals surface area contributed by atoms with Crippen LogP contribution in [0.5, 0.6) is 17.2 Å². The molecule has 0 bridgehead atoms. The highest BCUT2D eigenvalue weighted by atomic mass is 16.7. The first kappa shape index (κ1) is 19.5. The van der Waals surface area contributed by atoms with Crippen molar-refractivity contribution in [2.45, 2.75) is 19.1 Å². The fourth-order valence-electron chi connectivity index (χ4n) is 2.67. The second kappa shape index (κ2) is 8.18. The molecule has 0 saturated heterocycles. The first-order valence-corrected chi connectivity index (χ1v) is 8.70. The number of carbonyl (C=O) groups excluding carboxylic acids is 2. The van der Waals surface area contributed by atoms with E-state index in [4.69, 9.17) is 14.2 Å². The summed E-state index contributed by atoms with van der Waals surface area (Å²) in [5.74, 6) is 0.230. The Hall–Kier alpha value is -3.26. The van der Waals surface area contributed by atoms with Gasteiger partial charge in [-0.3, -0.25) is 9.59 Å². The van der Waals surface area contributed by atoms with E-state index in [2.05, 4.69) is 10.6 Å². The standard InChI is InChI=1S/C20H22N2O6/c1-20(25,14-5-8-16-17(9-14)28-12-27-16)11-22-19(24)18(23)21-10-13-3-6-15(26-2)7-4-13/h3-9,25H,10-12H2,1-2H3,(H,21,23)(H,22,24). The Morgan fingerprint density at radius 2 is 1.75 bits per heavy atom. The first-order valence-electron chi connectivity index (χ1n) is 8.70. The molecule has 28 heavy (non-hydrogen) atoms. The third-order valence-corrected chi connectivity index (χ3v) is 4.41.